The molecule has 2 aromatic carbocycles. The third-order valence-electron chi connectivity index (χ3n) is 7.27. The fourth-order valence-corrected chi connectivity index (χ4v) is 5.46. The van der Waals surface area contributed by atoms with Crippen LogP contribution in [-0.4, -0.2) is 55.8 Å². The quantitative estimate of drug-likeness (QED) is 0.381. The molecule has 0 saturated carbocycles. The van der Waals surface area contributed by atoms with Crippen molar-refractivity contribution < 1.29 is 14.3 Å². The molecule has 1 N–H and O–H groups in total. The van der Waals surface area contributed by atoms with Crippen LogP contribution in [0.4, 0.5) is 4.79 Å². The molecule has 5 rings (SSSR count). The molecule has 0 aliphatic carbocycles. The normalized spacial score (nSPS) is 16.3. The van der Waals surface area contributed by atoms with Crippen LogP contribution >= 0.6 is 0 Å². The van der Waals surface area contributed by atoms with Crippen LogP contribution in [0.1, 0.15) is 56.5 Å². The van der Waals surface area contributed by atoms with Crippen molar-refractivity contribution in [2.75, 3.05) is 13.1 Å². The van der Waals surface area contributed by atoms with Gasteiger partial charge in [0.25, 0.3) is 5.91 Å². The molecule has 1 unspecified atom stereocenters. The van der Waals surface area contributed by atoms with Crippen molar-refractivity contribution in [1.82, 2.24) is 24.3 Å². The van der Waals surface area contributed by atoms with Crippen molar-refractivity contribution in [3.63, 3.8) is 0 Å². The van der Waals surface area contributed by atoms with Crippen LogP contribution in [0.25, 0.3) is 33.5 Å². The van der Waals surface area contributed by atoms with Crippen LogP contribution in [-0.2, 0) is 18.3 Å². The first-order chi connectivity index (χ1) is 18.1. The highest BCUT2D eigenvalue weighted by atomic mass is 16.6. The standard InChI is InChI=1S/C30H37N5O3/c1-7-35-24-12-8-10-19(2)22(24)17-26(35)27-32-23-16-20(13-14-25(23)33(27)6)28(36)34-15-9-11-21(18-34)31-29(37)38-30(3,4)5/h8,10,12-14,16-17,21H,7,9,11,15,18H2,1-6H3,(H,31,37). The van der Waals surface area contributed by atoms with Gasteiger partial charge in [0.15, 0.2) is 5.82 Å². The minimum atomic E-state index is -0.560. The van der Waals surface area contributed by atoms with Gasteiger partial charge in [-0.1, -0.05) is 12.1 Å². The Labute approximate surface area is 223 Å². The van der Waals surface area contributed by atoms with Crippen molar-refractivity contribution in [2.24, 2.45) is 7.05 Å². The average molecular weight is 516 g/mol. The van der Waals surface area contributed by atoms with E-state index in [2.05, 4.69) is 52.6 Å². The summed E-state index contributed by atoms with van der Waals surface area (Å²) in [5.41, 5.74) is 5.31. The number of aromatic nitrogens is 3. The fraction of sp³-hybridized carbons (Fsp3) is 0.433. The molecule has 200 valence electrons. The van der Waals surface area contributed by atoms with Gasteiger partial charge in [-0.3, -0.25) is 4.79 Å². The van der Waals surface area contributed by atoms with E-state index in [1.165, 1.54) is 16.5 Å². The van der Waals surface area contributed by atoms with Crippen molar-refractivity contribution >= 4 is 33.9 Å². The molecule has 0 spiro atoms. The van der Waals surface area contributed by atoms with E-state index in [1.54, 1.807) is 0 Å². The van der Waals surface area contributed by atoms with Crippen LogP contribution in [0, 0.1) is 6.92 Å². The van der Waals surface area contributed by atoms with Gasteiger partial charge < -0.3 is 24.1 Å². The Balaban J connectivity index is 1.40. The summed E-state index contributed by atoms with van der Waals surface area (Å²) in [6.07, 6.45) is 1.19. The third-order valence-corrected chi connectivity index (χ3v) is 7.27. The Morgan fingerprint density at radius 1 is 1.13 bits per heavy atom. The van der Waals surface area contributed by atoms with E-state index in [1.807, 2.05) is 50.9 Å². The van der Waals surface area contributed by atoms with E-state index < -0.39 is 11.7 Å². The summed E-state index contributed by atoms with van der Waals surface area (Å²) in [7, 11) is 2.02. The monoisotopic (exact) mass is 515 g/mol. The first-order valence-corrected chi connectivity index (χ1v) is 13.4. The number of carbonyl (C=O) groups is 2. The Hall–Kier alpha value is -3.81. The molecule has 1 atom stereocenters. The summed E-state index contributed by atoms with van der Waals surface area (Å²) in [6, 6.07) is 14.2. The molecule has 1 fully saturated rings. The molecule has 2 amide bonds. The summed E-state index contributed by atoms with van der Waals surface area (Å²) in [5, 5.41) is 4.15. The summed E-state index contributed by atoms with van der Waals surface area (Å²) >= 11 is 0. The summed E-state index contributed by atoms with van der Waals surface area (Å²) in [6.45, 7) is 11.7. The van der Waals surface area contributed by atoms with Gasteiger partial charge in [0.05, 0.1) is 16.7 Å². The number of hydrogen-bond donors (Lipinski definition) is 1. The van der Waals surface area contributed by atoms with Crippen LogP contribution < -0.4 is 5.32 Å². The second-order valence-corrected chi connectivity index (χ2v) is 11.2. The molecule has 2 aromatic heterocycles. The number of fused-ring (bicyclic) bond motifs is 2. The zero-order valence-corrected chi connectivity index (χ0v) is 23.2. The van der Waals surface area contributed by atoms with E-state index in [0.29, 0.717) is 18.7 Å². The van der Waals surface area contributed by atoms with Crippen LogP contribution in [0.15, 0.2) is 42.5 Å². The number of imidazole rings is 1. The highest BCUT2D eigenvalue weighted by Gasteiger charge is 2.28. The van der Waals surface area contributed by atoms with Gasteiger partial charge in [0, 0.05) is 49.2 Å². The van der Waals surface area contributed by atoms with E-state index in [9.17, 15) is 9.59 Å². The molecule has 1 aliphatic rings. The molecule has 4 aromatic rings. The van der Waals surface area contributed by atoms with Gasteiger partial charge in [0.2, 0.25) is 0 Å². The van der Waals surface area contributed by atoms with E-state index in [-0.39, 0.29) is 11.9 Å². The Morgan fingerprint density at radius 2 is 1.92 bits per heavy atom. The average Bonchev–Trinajstić information content (AvgIpc) is 3.40. The van der Waals surface area contributed by atoms with Gasteiger partial charge in [-0.05, 0) is 83.4 Å². The number of carbonyl (C=O) groups excluding carboxylic acids is 2. The van der Waals surface area contributed by atoms with Crippen molar-refractivity contribution in [3.05, 3.63) is 53.6 Å². The number of ether oxygens (including phenoxy) is 1. The van der Waals surface area contributed by atoms with Gasteiger partial charge in [-0.25, -0.2) is 9.78 Å². The van der Waals surface area contributed by atoms with Gasteiger partial charge in [-0.15, -0.1) is 0 Å². The molecular formula is C30H37N5O3. The maximum Gasteiger partial charge on any atom is 0.407 e. The topological polar surface area (TPSA) is 81.4 Å². The smallest absolute Gasteiger partial charge is 0.407 e. The van der Waals surface area contributed by atoms with Gasteiger partial charge >= 0.3 is 6.09 Å². The number of nitrogens with zero attached hydrogens (tertiary/aromatic N) is 4. The predicted octanol–water partition coefficient (Wildman–Crippen LogP) is 5.65. The number of piperidine rings is 1. The summed E-state index contributed by atoms with van der Waals surface area (Å²) < 4.78 is 9.79. The lowest BCUT2D eigenvalue weighted by Gasteiger charge is -2.33. The Kier molecular flexibility index (Phi) is 6.67. The van der Waals surface area contributed by atoms with Gasteiger partial charge in [-0.2, -0.15) is 0 Å². The molecular weight excluding hydrogens is 478 g/mol. The number of benzene rings is 2. The predicted molar refractivity (Wildman–Crippen MR) is 150 cm³/mol. The maximum absolute atomic E-state index is 13.5. The molecule has 38 heavy (non-hydrogen) atoms. The maximum atomic E-state index is 13.5. The molecule has 1 aliphatic heterocycles. The summed E-state index contributed by atoms with van der Waals surface area (Å²) in [4.78, 5) is 32.5. The third kappa shape index (κ3) is 4.87. The van der Waals surface area contributed by atoms with Gasteiger partial charge in [0.1, 0.15) is 5.60 Å². The zero-order valence-electron chi connectivity index (χ0n) is 23.2. The zero-order chi connectivity index (χ0) is 27.2. The molecule has 1 saturated heterocycles. The number of rotatable bonds is 4. The lowest BCUT2D eigenvalue weighted by molar-refractivity contribution is 0.0452. The Morgan fingerprint density at radius 3 is 2.66 bits per heavy atom. The van der Waals surface area contributed by atoms with E-state index in [0.717, 1.165) is 41.9 Å². The van der Waals surface area contributed by atoms with E-state index >= 15 is 0 Å². The second kappa shape index (κ2) is 9.82. The number of hydrogen-bond acceptors (Lipinski definition) is 4. The minimum Gasteiger partial charge on any atom is -0.444 e. The van der Waals surface area contributed by atoms with E-state index in [4.69, 9.17) is 9.72 Å². The largest absolute Gasteiger partial charge is 0.444 e. The number of aryl methyl sites for hydroxylation is 3. The lowest BCUT2D eigenvalue weighted by atomic mass is 10.0. The molecule has 0 radical (unpaired) electrons. The SMILES string of the molecule is CCn1c(-c2nc3cc(C(=O)N4CCCC(NC(=O)OC(C)(C)C)C4)ccc3n2C)cc2c(C)cccc21. The number of likely N-dealkylation sites (tertiary alicyclic amines) is 1. The molecule has 8 nitrogen and oxygen atoms in total. The van der Waals surface area contributed by atoms with Crippen molar-refractivity contribution in [1.29, 1.82) is 0 Å². The summed E-state index contributed by atoms with van der Waals surface area (Å²) in [5.74, 6) is 0.828. The molecule has 8 heteroatoms. The molecule has 3 heterocycles. The van der Waals surface area contributed by atoms with Crippen LogP contribution in [0.3, 0.4) is 0 Å². The fourth-order valence-electron chi connectivity index (χ4n) is 5.46. The minimum absolute atomic E-state index is 0.0481. The second-order valence-electron chi connectivity index (χ2n) is 11.2. The highest BCUT2D eigenvalue weighted by molar-refractivity contribution is 5.98. The number of nitrogens with one attached hydrogen (secondary N) is 1. The van der Waals surface area contributed by atoms with Crippen molar-refractivity contribution in [2.45, 2.75) is 65.6 Å². The molecule has 0 bridgehead atoms. The Bertz CT molecular complexity index is 1520. The first-order valence-electron chi connectivity index (χ1n) is 13.4. The van der Waals surface area contributed by atoms with Crippen molar-refractivity contribution in [3.8, 4) is 11.5 Å². The number of alkyl carbamates (subject to hydrolysis) is 1. The lowest BCUT2D eigenvalue weighted by Crippen LogP contribution is -2.50. The van der Waals surface area contributed by atoms with Crippen LogP contribution in [0.2, 0.25) is 0 Å². The van der Waals surface area contributed by atoms with Crippen LogP contribution in [0.5, 0.6) is 0 Å². The first kappa shape index (κ1) is 25.8. The number of amides is 2. The highest BCUT2D eigenvalue weighted by Crippen LogP contribution is 2.32.